The predicted octanol–water partition coefficient (Wildman–Crippen LogP) is 6.70. The molecule has 1 heterocycles. The summed E-state index contributed by atoms with van der Waals surface area (Å²) in [5, 5.41) is 6.39. The van der Waals surface area contributed by atoms with Crippen molar-refractivity contribution in [1.82, 2.24) is 0 Å². The van der Waals surface area contributed by atoms with Crippen molar-refractivity contribution < 1.29 is 32.2 Å². The lowest BCUT2D eigenvalue weighted by Gasteiger charge is -2.28. The maximum absolute atomic E-state index is 13.8. The van der Waals surface area contributed by atoms with Crippen LogP contribution < -0.4 is 14.8 Å². The van der Waals surface area contributed by atoms with Gasteiger partial charge in [0.05, 0.1) is 25.1 Å². The first kappa shape index (κ1) is 25.2. The lowest BCUT2D eigenvalue weighted by molar-refractivity contribution is -0.174. The van der Waals surface area contributed by atoms with Crippen LogP contribution in [0, 0.1) is 5.92 Å². The van der Waals surface area contributed by atoms with Crippen LogP contribution >= 0.6 is 11.3 Å². The number of thiophene rings is 1. The van der Waals surface area contributed by atoms with E-state index in [1.807, 2.05) is 30.3 Å². The minimum Gasteiger partial charge on any atom is -0.493 e. The number of benzene rings is 3. The third kappa shape index (κ3) is 5.21. The second-order valence-electron chi connectivity index (χ2n) is 7.98. The fourth-order valence-electron chi connectivity index (χ4n) is 4.03. The fourth-order valence-corrected chi connectivity index (χ4v) is 4.74. The third-order valence-corrected chi connectivity index (χ3v) is 6.66. The molecule has 0 amide bonds. The van der Waals surface area contributed by atoms with Crippen LogP contribution in [0.25, 0.3) is 10.8 Å². The molecular formula is C27H22F3NO4S. The zero-order valence-corrected chi connectivity index (χ0v) is 20.2. The van der Waals surface area contributed by atoms with Gasteiger partial charge in [0.2, 0.25) is 5.78 Å². The number of carbonyl (C=O) groups excluding carboxylic acids is 2. The van der Waals surface area contributed by atoms with Crippen molar-refractivity contribution in [1.29, 1.82) is 0 Å². The summed E-state index contributed by atoms with van der Waals surface area (Å²) >= 11 is 0.980. The van der Waals surface area contributed by atoms with Gasteiger partial charge in [-0.3, -0.25) is 9.59 Å². The zero-order valence-electron chi connectivity index (χ0n) is 19.3. The van der Waals surface area contributed by atoms with Crippen LogP contribution in [0.1, 0.15) is 21.3 Å². The maximum atomic E-state index is 13.8. The van der Waals surface area contributed by atoms with E-state index in [1.165, 1.54) is 38.5 Å². The molecule has 0 aliphatic heterocycles. The van der Waals surface area contributed by atoms with E-state index in [1.54, 1.807) is 23.6 Å². The van der Waals surface area contributed by atoms with Gasteiger partial charge in [0.25, 0.3) is 0 Å². The van der Waals surface area contributed by atoms with Crippen LogP contribution in [0.15, 0.2) is 78.2 Å². The Hall–Kier alpha value is -3.85. The molecule has 2 atom stereocenters. The number of carbonyl (C=O) groups is 2. The molecule has 0 saturated carbocycles. The number of fused-ring (bicyclic) bond motifs is 1. The van der Waals surface area contributed by atoms with Crippen LogP contribution in [0.4, 0.5) is 18.9 Å². The van der Waals surface area contributed by atoms with Crippen LogP contribution in [0.2, 0.25) is 0 Å². The zero-order chi connectivity index (χ0) is 25.9. The maximum Gasteiger partial charge on any atom is 0.450 e. The molecule has 0 saturated heterocycles. The third-order valence-electron chi connectivity index (χ3n) is 5.78. The van der Waals surface area contributed by atoms with E-state index >= 15 is 0 Å². The van der Waals surface area contributed by atoms with Crippen molar-refractivity contribution in [2.45, 2.75) is 12.2 Å². The second-order valence-corrected chi connectivity index (χ2v) is 8.93. The Morgan fingerprint density at radius 1 is 0.861 bits per heavy atom. The van der Waals surface area contributed by atoms with Gasteiger partial charge in [-0.05, 0) is 52.0 Å². The molecule has 36 heavy (non-hydrogen) atoms. The van der Waals surface area contributed by atoms with Crippen molar-refractivity contribution in [2.75, 3.05) is 19.5 Å². The minimum absolute atomic E-state index is 0.0587. The summed E-state index contributed by atoms with van der Waals surface area (Å²) in [6.45, 7) is 0. The van der Waals surface area contributed by atoms with Crippen LogP contribution in [-0.2, 0) is 4.79 Å². The molecule has 0 spiro atoms. The van der Waals surface area contributed by atoms with Gasteiger partial charge in [-0.2, -0.15) is 13.2 Å². The average Bonchev–Trinajstić information content (AvgIpc) is 3.42. The molecule has 0 bridgehead atoms. The summed E-state index contributed by atoms with van der Waals surface area (Å²) in [7, 11) is 2.82. The Kier molecular flexibility index (Phi) is 7.30. The molecule has 0 fully saturated rings. The highest BCUT2D eigenvalue weighted by Crippen LogP contribution is 2.39. The number of anilines is 1. The summed E-state index contributed by atoms with van der Waals surface area (Å²) in [5.41, 5.74) is 0.709. The average molecular weight is 514 g/mol. The van der Waals surface area contributed by atoms with Crippen LogP contribution in [0.5, 0.6) is 11.5 Å². The number of Topliss-reactive ketones (excluding diaryl/α,β-unsaturated/α-hetero) is 2. The Labute approximate surface area is 209 Å². The molecule has 4 aromatic rings. The molecule has 1 N–H and O–H groups in total. The van der Waals surface area contributed by atoms with E-state index in [0.717, 1.165) is 22.1 Å². The van der Waals surface area contributed by atoms with Crippen LogP contribution in [-0.4, -0.2) is 32.0 Å². The van der Waals surface area contributed by atoms with Gasteiger partial charge < -0.3 is 14.8 Å². The van der Waals surface area contributed by atoms with Gasteiger partial charge in [-0.25, -0.2) is 0 Å². The van der Waals surface area contributed by atoms with Gasteiger partial charge in [-0.1, -0.05) is 42.5 Å². The molecular weight excluding hydrogens is 491 g/mol. The SMILES string of the molecule is COc1ccc([C@@H](Nc2ccc3ccccc3c2)[C@@H](C(=O)c2cccs2)C(=O)C(F)(F)F)cc1OC. The number of alkyl halides is 3. The summed E-state index contributed by atoms with van der Waals surface area (Å²) in [5.74, 6) is -4.52. The molecule has 186 valence electrons. The van der Waals surface area contributed by atoms with Crippen molar-refractivity contribution >= 4 is 39.4 Å². The molecule has 5 nitrogen and oxygen atoms in total. The number of ether oxygens (including phenoxy) is 2. The van der Waals surface area contributed by atoms with E-state index in [4.69, 9.17) is 9.47 Å². The topological polar surface area (TPSA) is 64.6 Å². The normalized spacial score (nSPS) is 13.1. The summed E-state index contributed by atoms with van der Waals surface area (Å²) in [6, 6.07) is 18.9. The molecule has 9 heteroatoms. The number of hydrogen-bond donors (Lipinski definition) is 1. The number of halogens is 3. The number of ketones is 2. The van der Waals surface area contributed by atoms with Crippen molar-refractivity contribution in [3.8, 4) is 11.5 Å². The first-order valence-corrected chi connectivity index (χ1v) is 11.8. The molecule has 0 aliphatic rings. The first-order valence-electron chi connectivity index (χ1n) is 10.9. The molecule has 1 aromatic heterocycles. The smallest absolute Gasteiger partial charge is 0.450 e. The Bertz CT molecular complexity index is 1390. The number of hydrogen-bond acceptors (Lipinski definition) is 6. The fraction of sp³-hybridized carbons (Fsp3) is 0.185. The molecule has 0 radical (unpaired) electrons. The Balaban J connectivity index is 1.87. The van der Waals surface area contributed by atoms with Gasteiger partial charge in [-0.15, -0.1) is 11.3 Å². The van der Waals surface area contributed by atoms with E-state index in [9.17, 15) is 22.8 Å². The lowest BCUT2D eigenvalue weighted by atomic mass is 9.84. The largest absolute Gasteiger partial charge is 0.493 e. The molecule has 0 unspecified atom stereocenters. The van der Waals surface area contributed by atoms with Gasteiger partial charge in [0, 0.05) is 5.69 Å². The molecule has 4 rings (SSSR count). The van der Waals surface area contributed by atoms with E-state index in [-0.39, 0.29) is 16.2 Å². The highest BCUT2D eigenvalue weighted by molar-refractivity contribution is 7.12. The summed E-state index contributed by atoms with van der Waals surface area (Å²) < 4.78 is 52.0. The first-order chi connectivity index (χ1) is 17.2. The van der Waals surface area contributed by atoms with E-state index in [2.05, 4.69) is 5.32 Å². The van der Waals surface area contributed by atoms with Gasteiger partial charge in [0.15, 0.2) is 17.3 Å². The number of nitrogens with one attached hydrogen (secondary N) is 1. The summed E-state index contributed by atoms with van der Waals surface area (Å²) in [4.78, 5) is 26.2. The highest BCUT2D eigenvalue weighted by atomic mass is 32.1. The van der Waals surface area contributed by atoms with Gasteiger partial charge in [0.1, 0.15) is 5.92 Å². The standard InChI is InChI=1S/C27H22F3NO4S/c1-34-20-12-10-18(15-21(20)35-2)24(31-19-11-9-16-6-3-4-7-17(16)14-19)23(26(33)27(28,29)30)25(32)22-8-5-13-36-22/h3-15,23-24,31H,1-2H3/t23-,24+/m0/s1. The number of rotatable bonds is 9. The van der Waals surface area contributed by atoms with Crippen molar-refractivity contribution in [3.63, 3.8) is 0 Å². The van der Waals surface area contributed by atoms with Crippen molar-refractivity contribution in [3.05, 3.63) is 88.6 Å². The second kappa shape index (κ2) is 10.4. The predicted molar refractivity (Wildman–Crippen MR) is 133 cm³/mol. The quantitative estimate of drug-likeness (QED) is 0.199. The molecule has 0 aliphatic carbocycles. The Morgan fingerprint density at radius 3 is 2.22 bits per heavy atom. The van der Waals surface area contributed by atoms with Gasteiger partial charge >= 0.3 is 6.18 Å². The van der Waals surface area contributed by atoms with Crippen molar-refractivity contribution in [2.24, 2.45) is 5.92 Å². The monoisotopic (exact) mass is 513 g/mol. The number of methoxy groups -OCH3 is 2. The lowest BCUT2D eigenvalue weighted by Crippen LogP contribution is -2.41. The summed E-state index contributed by atoms with van der Waals surface area (Å²) in [6.07, 6.45) is -5.22. The Morgan fingerprint density at radius 2 is 1.58 bits per heavy atom. The highest BCUT2D eigenvalue weighted by Gasteiger charge is 2.50. The van der Waals surface area contributed by atoms with Crippen LogP contribution in [0.3, 0.4) is 0 Å². The minimum atomic E-state index is -5.22. The van der Waals surface area contributed by atoms with E-state index < -0.39 is 29.7 Å². The van der Waals surface area contributed by atoms with E-state index in [0.29, 0.717) is 11.4 Å². The molecule has 3 aromatic carbocycles.